The molecule has 232 valence electrons. The number of rotatable bonds is 12. The lowest BCUT2D eigenvalue weighted by Gasteiger charge is -2.15. The molecule has 0 heterocycles. The lowest BCUT2D eigenvalue weighted by molar-refractivity contribution is -0.114. The van der Waals surface area contributed by atoms with E-state index in [0.29, 0.717) is 43.4 Å². The van der Waals surface area contributed by atoms with Crippen LogP contribution in [0, 0.1) is 5.82 Å². The number of hydrogen-bond acceptors (Lipinski definition) is 7. The lowest BCUT2D eigenvalue weighted by Crippen LogP contribution is -2.30. The highest BCUT2D eigenvalue weighted by Crippen LogP contribution is 2.38. The molecule has 0 aromatic heterocycles. The molecule has 0 aliphatic rings. The van der Waals surface area contributed by atoms with Crippen LogP contribution in [0.15, 0.2) is 100.0 Å². The maximum absolute atomic E-state index is 14.1. The molecule has 45 heavy (non-hydrogen) atoms. The van der Waals surface area contributed by atoms with Crippen LogP contribution in [0.25, 0.3) is 6.08 Å². The van der Waals surface area contributed by atoms with Crippen LogP contribution in [0.4, 0.5) is 15.8 Å². The minimum absolute atomic E-state index is 0.00627. The predicted octanol–water partition coefficient (Wildman–Crippen LogP) is 6.75. The fourth-order valence-electron chi connectivity index (χ4n) is 4.08. The van der Waals surface area contributed by atoms with E-state index in [1.165, 1.54) is 51.3 Å². The first-order chi connectivity index (χ1) is 21.7. The molecular weight excluding hydrogens is 665 g/mol. The molecule has 3 amide bonds. The van der Waals surface area contributed by atoms with E-state index in [1.807, 2.05) is 0 Å². The minimum Gasteiger partial charge on any atom is -0.493 e. The van der Waals surface area contributed by atoms with Crippen molar-refractivity contribution in [3.63, 3.8) is 0 Å². The number of hydrogen-bond donors (Lipinski definition) is 3. The minimum atomic E-state index is -0.598. The monoisotopic (exact) mass is 693 g/mol. The van der Waals surface area contributed by atoms with Gasteiger partial charge < -0.3 is 30.2 Å². The Morgan fingerprint density at radius 3 is 2.20 bits per heavy atom. The van der Waals surface area contributed by atoms with Gasteiger partial charge >= 0.3 is 0 Å². The van der Waals surface area contributed by atoms with Gasteiger partial charge in [0.15, 0.2) is 11.5 Å². The number of carbonyl (C=O) groups is 3. The fraction of sp³-hybridized carbons (Fsp3) is 0.121. The molecule has 0 unspecified atom stereocenters. The number of amides is 3. The predicted molar refractivity (Wildman–Crippen MR) is 177 cm³/mol. The average Bonchev–Trinajstić information content (AvgIpc) is 3.04. The molecule has 3 N–H and O–H groups in total. The van der Waals surface area contributed by atoms with Gasteiger partial charge in [0, 0.05) is 20.6 Å². The molecule has 0 atom stereocenters. The van der Waals surface area contributed by atoms with Gasteiger partial charge in [-0.1, -0.05) is 40.2 Å². The number of halogens is 2. The number of ether oxygens (including phenoxy) is 3. The van der Waals surface area contributed by atoms with Gasteiger partial charge in [-0.15, -0.1) is 11.8 Å². The van der Waals surface area contributed by atoms with Gasteiger partial charge in [0.1, 0.15) is 11.5 Å². The summed E-state index contributed by atoms with van der Waals surface area (Å²) < 4.78 is 30.9. The molecule has 12 heteroatoms. The molecule has 0 aliphatic heterocycles. The third-order valence-corrected chi connectivity index (χ3v) is 7.68. The van der Waals surface area contributed by atoms with E-state index >= 15 is 0 Å². The molecule has 0 fully saturated rings. The normalized spacial score (nSPS) is 10.9. The van der Waals surface area contributed by atoms with Crippen LogP contribution in [0.1, 0.15) is 15.9 Å². The maximum atomic E-state index is 14.1. The highest BCUT2D eigenvalue weighted by atomic mass is 79.9. The third-order valence-electron chi connectivity index (χ3n) is 6.19. The van der Waals surface area contributed by atoms with Crippen molar-refractivity contribution in [2.45, 2.75) is 4.90 Å². The topological polar surface area (TPSA) is 115 Å². The Balaban J connectivity index is 1.54. The van der Waals surface area contributed by atoms with Crippen LogP contribution >= 0.6 is 27.7 Å². The fourth-order valence-corrected chi connectivity index (χ4v) is 5.17. The molecule has 4 rings (SSSR count). The summed E-state index contributed by atoms with van der Waals surface area (Å²) in [4.78, 5) is 39.7. The SMILES string of the molecule is COc1cc(/C=C(/NC(=O)c2ccccc2)C(=O)Nc2cccc(SCC(=O)Nc3ccc(Br)cc3F)c2)cc(OC)c1OC. The summed E-state index contributed by atoms with van der Waals surface area (Å²) in [7, 11) is 4.43. The molecule has 0 saturated carbocycles. The molecule has 4 aromatic carbocycles. The molecule has 0 spiro atoms. The Morgan fingerprint density at radius 2 is 1.56 bits per heavy atom. The van der Waals surface area contributed by atoms with E-state index in [-0.39, 0.29) is 17.1 Å². The van der Waals surface area contributed by atoms with E-state index in [4.69, 9.17) is 14.2 Å². The van der Waals surface area contributed by atoms with Crippen molar-refractivity contribution in [2.24, 2.45) is 0 Å². The molecule has 4 aromatic rings. The highest BCUT2D eigenvalue weighted by molar-refractivity contribution is 9.10. The van der Waals surface area contributed by atoms with Crippen LogP contribution in [-0.4, -0.2) is 44.8 Å². The Morgan fingerprint density at radius 1 is 0.844 bits per heavy atom. The second-order valence-electron chi connectivity index (χ2n) is 9.28. The first-order valence-electron chi connectivity index (χ1n) is 13.4. The molecule has 0 aliphatic carbocycles. The zero-order valence-electron chi connectivity index (χ0n) is 24.5. The van der Waals surface area contributed by atoms with E-state index in [0.717, 1.165) is 0 Å². The summed E-state index contributed by atoms with van der Waals surface area (Å²) in [5.41, 5.74) is 1.32. The maximum Gasteiger partial charge on any atom is 0.272 e. The van der Waals surface area contributed by atoms with E-state index in [1.54, 1.807) is 72.8 Å². The largest absolute Gasteiger partial charge is 0.493 e. The Kier molecular flexibility index (Phi) is 11.6. The number of anilines is 2. The first-order valence-corrected chi connectivity index (χ1v) is 15.2. The smallest absolute Gasteiger partial charge is 0.272 e. The zero-order chi connectivity index (χ0) is 32.3. The van der Waals surface area contributed by atoms with Crippen molar-refractivity contribution < 1.29 is 33.0 Å². The van der Waals surface area contributed by atoms with Gasteiger partial charge in [0.05, 0.1) is 32.8 Å². The molecule has 0 saturated heterocycles. The van der Waals surface area contributed by atoms with Gasteiger partial charge in [-0.05, 0) is 72.3 Å². The summed E-state index contributed by atoms with van der Waals surface area (Å²) in [5.74, 6) is -0.909. The second kappa shape index (κ2) is 15.8. The van der Waals surface area contributed by atoms with Crippen molar-refractivity contribution in [1.29, 1.82) is 0 Å². The quantitative estimate of drug-likeness (QED) is 0.111. The second-order valence-corrected chi connectivity index (χ2v) is 11.2. The summed E-state index contributed by atoms with van der Waals surface area (Å²) >= 11 is 4.40. The van der Waals surface area contributed by atoms with Gasteiger partial charge in [0.2, 0.25) is 11.7 Å². The number of thioether (sulfide) groups is 1. The van der Waals surface area contributed by atoms with Crippen molar-refractivity contribution >= 4 is 62.9 Å². The molecule has 0 bridgehead atoms. The highest BCUT2D eigenvalue weighted by Gasteiger charge is 2.18. The van der Waals surface area contributed by atoms with Crippen LogP contribution in [-0.2, 0) is 9.59 Å². The van der Waals surface area contributed by atoms with Gasteiger partial charge in [-0.3, -0.25) is 14.4 Å². The summed E-state index contributed by atoms with van der Waals surface area (Å²) in [6.07, 6.45) is 1.49. The van der Waals surface area contributed by atoms with E-state index in [2.05, 4.69) is 31.9 Å². The van der Waals surface area contributed by atoms with Crippen LogP contribution in [0.5, 0.6) is 17.2 Å². The summed E-state index contributed by atoms with van der Waals surface area (Å²) in [6.45, 7) is 0. The van der Waals surface area contributed by atoms with Gasteiger partial charge in [-0.25, -0.2) is 4.39 Å². The zero-order valence-corrected chi connectivity index (χ0v) is 26.9. The Bertz CT molecular complexity index is 1710. The van der Waals surface area contributed by atoms with Crippen molar-refractivity contribution in [3.8, 4) is 17.2 Å². The van der Waals surface area contributed by atoms with Crippen LogP contribution in [0.3, 0.4) is 0 Å². The van der Waals surface area contributed by atoms with Crippen molar-refractivity contribution in [1.82, 2.24) is 5.32 Å². The van der Waals surface area contributed by atoms with Crippen LogP contribution in [0.2, 0.25) is 0 Å². The number of carbonyl (C=O) groups excluding carboxylic acids is 3. The molecular formula is C33H29BrFN3O6S. The first kappa shape index (κ1) is 33.1. The van der Waals surface area contributed by atoms with Gasteiger partial charge in [0.25, 0.3) is 11.8 Å². The molecule has 9 nitrogen and oxygen atoms in total. The number of nitrogens with one attached hydrogen (secondary N) is 3. The molecule has 0 radical (unpaired) electrons. The number of methoxy groups -OCH3 is 3. The number of benzene rings is 4. The Hall–Kier alpha value is -4.81. The summed E-state index contributed by atoms with van der Waals surface area (Å²) in [6, 6.07) is 23.0. The van der Waals surface area contributed by atoms with E-state index < -0.39 is 23.5 Å². The average molecular weight is 695 g/mol. The summed E-state index contributed by atoms with van der Waals surface area (Å²) in [5, 5.41) is 8.05. The van der Waals surface area contributed by atoms with Crippen molar-refractivity contribution in [3.05, 3.63) is 112 Å². The third kappa shape index (κ3) is 9.10. The van der Waals surface area contributed by atoms with Crippen molar-refractivity contribution in [2.75, 3.05) is 37.7 Å². The Labute approximate surface area is 272 Å². The standard InChI is InChI=1S/C33H29BrFN3O6S/c1-42-28-15-20(16-29(43-2)31(28)44-3)14-27(38-32(40)21-8-5-4-6-9-21)33(41)36-23-10-7-11-24(18-23)45-19-30(39)37-26-13-12-22(34)17-25(26)35/h4-18H,19H2,1-3H3,(H,36,41)(H,37,39)(H,38,40)/b27-14+. The van der Waals surface area contributed by atoms with Gasteiger partial charge in [-0.2, -0.15) is 0 Å². The van der Waals surface area contributed by atoms with Crippen LogP contribution < -0.4 is 30.2 Å². The van der Waals surface area contributed by atoms with E-state index in [9.17, 15) is 18.8 Å². The lowest BCUT2D eigenvalue weighted by atomic mass is 10.1.